The maximum Gasteiger partial charge on any atom is 0.415 e. The Bertz CT molecular complexity index is 151. The van der Waals surface area contributed by atoms with Gasteiger partial charge in [0.2, 0.25) is 0 Å². The monoisotopic (exact) mass is 182 g/mol. The van der Waals surface area contributed by atoms with E-state index >= 15 is 0 Å². The fourth-order valence-corrected chi connectivity index (χ4v) is 0.357. The summed E-state index contributed by atoms with van der Waals surface area (Å²) < 4.78 is 0. The number of amides is 3. The number of carbonyl (C=O) groups is 2. The first-order valence-electron chi connectivity index (χ1n) is 2.84. The fraction of sp³-hybridized carbons (Fsp3) is 0.600. The van der Waals surface area contributed by atoms with Crippen LogP contribution >= 0.6 is 12.4 Å². The number of carbonyl (C=O) groups excluding carboxylic acids is 1. The van der Waals surface area contributed by atoms with E-state index in [0.717, 1.165) is 0 Å². The Morgan fingerprint density at radius 1 is 1.55 bits per heavy atom. The number of carboxylic acid groups (broad SMARTS) is 1. The third kappa shape index (κ3) is 4.44. The molecule has 0 aliphatic carbocycles. The highest BCUT2D eigenvalue weighted by Crippen LogP contribution is 1.83. The van der Waals surface area contributed by atoms with E-state index in [4.69, 9.17) is 5.11 Å². The van der Waals surface area contributed by atoms with Crippen molar-refractivity contribution in [3.8, 4) is 0 Å². The molecule has 2 N–H and O–H groups in total. The van der Waals surface area contributed by atoms with Gasteiger partial charge in [-0.15, -0.1) is 12.4 Å². The van der Waals surface area contributed by atoms with Crippen molar-refractivity contribution in [2.24, 2.45) is 0 Å². The molecule has 66 valence electrons. The summed E-state index contributed by atoms with van der Waals surface area (Å²) in [6, 6.07) is -0.602. The first-order chi connectivity index (χ1) is 4.59. The van der Waals surface area contributed by atoms with Crippen LogP contribution in [0.15, 0.2) is 0 Å². The van der Waals surface area contributed by atoms with Gasteiger partial charge in [-0.05, 0) is 6.92 Å². The number of urea groups is 1. The molecule has 0 atom stereocenters. The van der Waals surface area contributed by atoms with Crippen LogP contribution < -0.4 is 5.32 Å². The van der Waals surface area contributed by atoms with Gasteiger partial charge in [0.15, 0.2) is 0 Å². The zero-order valence-corrected chi connectivity index (χ0v) is 7.14. The molecular weight excluding hydrogens is 172 g/mol. The van der Waals surface area contributed by atoms with Crippen LogP contribution in [0.3, 0.4) is 0 Å². The highest BCUT2D eigenvalue weighted by molar-refractivity contribution is 5.89. The summed E-state index contributed by atoms with van der Waals surface area (Å²) in [6.45, 7) is 2.14. The predicted molar refractivity (Wildman–Crippen MR) is 42.1 cm³/mol. The van der Waals surface area contributed by atoms with Crippen molar-refractivity contribution in [1.29, 1.82) is 0 Å². The summed E-state index contributed by atoms with van der Waals surface area (Å²) in [5, 5.41) is 10.6. The van der Waals surface area contributed by atoms with E-state index in [2.05, 4.69) is 5.32 Å². The van der Waals surface area contributed by atoms with Gasteiger partial charge in [-0.1, -0.05) is 0 Å². The fourth-order valence-electron chi connectivity index (χ4n) is 0.357. The average molecular weight is 183 g/mol. The second kappa shape index (κ2) is 5.79. The highest BCUT2D eigenvalue weighted by Gasteiger charge is 2.12. The Labute approximate surface area is 70.8 Å². The van der Waals surface area contributed by atoms with Crippen LogP contribution in [0.1, 0.15) is 6.92 Å². The first kappa shape index (κ1) is 12.7. The molecular formula is C5H11ClN2O3. The molecule has 0 aliphatic rings. The molecule has 5 nitrogen and oxygen atoms in total. The van der Waals surface area contributed by atoms with Gasteiger partial charge in [-0.25, -0.2) is 14.5 Å². The van der Waals surface area contributed by atoms with Crippen molar-refractivity contribution >= 4 is 24.5 Å². The third-order valence-electron chi connectivity index (χ3n) is 0.920. The third-order valence-corrected chi connectivity index (χ3v) is 0.920. The number of nitrogens with one attached hydrogen (secondary N) is 1. The predicted octanol–water partition coefficient (Wildman–Crippen LogP) is 0.748. The first-order valence-corrected chi connectivity index (χ1v) is 2.84. The van der Waals surface area contributed by atoms with Crippen LogP contribution in [0, 0.1) is 0 Å². The highest BCUT2D eigenvalue weighted by atomic mass is 35.5. The smallest absolute Gasteiger partial charge is 0.415 e. The second-order valence-electron chi connectivity index (χ2n) is 1.68. The minimum atomic E-state index is -1.26. The van der Waals surface area contributed by atoms with Crippen molar-refractivity contribution in [2.75, 3.05) is 13.6 Å². The number of nitrogens with zero attached hydrogens (tertiary/aromatic N) is 1. The quantitative estimate of drug-likeness (QED) is 0.629. The normalized spacial score (nSPS) is 7.82. The molecule has 0 fully saturated rings. The van der Waals surface area contributed by atoms with E-state index < -0.39 is 12.1 Å². The molecule has 0 heterocycles. The summed E-state index contributed by atoms with van der Waals surface area (Å²) in [5.74, 6) is 0. The van der Waals surface area contributed by atoms with Gasteiger partial charge in [0.1, 0.15) is 0 Å². The second-order valence-corrected chi connectivity index (χ2v) is 1.68. The lowest BCUT2D eigenvalue weighted by atomic mass is 10.7. The lowest BCUT2D eigenvalue weighted by Crippen LogP contribution is -2.40. The number of rotatable bonds is 1. The van der Waals surface area contributed by atoms with Crippen LogP contribution in [-0.2, 0) is 0 Å². The maximum atomic E-state index is 10.6. The number of hydrogen-bond donors (Lipinski definition) is 2. The van der Waals surface area contributed by atoms with Gasteiger partial charge >= 0.3 is 12.1 Å². The van der Waals surface area contributed by atoms with E-state index in [1.807, 2.05) is 0 Å². The van der Waals surface area contributed by atoms with Gasteiger partial charge in [-0.3, -0.25) is 0 Å². The minimum absolute atomic E-state index is 0. The molecule has 0 saturated heterocycles. The Kier molecular flexibility index (Phi) is 6.67. The van der Waals surface area contributed by atoms with Crippen molar-refractivity contribution < 1.29 is 14.7 Å². The molecule has 0 aliphatic heterocycles. The summed E-state index contributed by atoms with van der Waals surface area (Å²) >= 11 is 0. The number of halogens is 1. The van der Waals surface area contributed by atoms with Gasteiger partial charge in [0.25, 0.3) is 0 Å². The van der Waals surface area contributed by atoms with Crippen LogP contribution in [-0.4, -0.2) is 35.7 Å². The van der Waals surface area contributed by atoms with Gasteiger partial charge in [0.05, 0.1) is 0 Å². The lowest BCUT2D eigenvalue weighted by Gasteiger charge is -2.10. The number of hydrogen-bond acceptors (Lipinski definition) is 2. The molecule has 0 bridgehead atoms. The van der Waals surface area contributed by atoms with Crippen LogP contribution in [0.2, 0.25) is 0 Å². The Morgan fingerprint density at radius 2 is 2.00 bits per heavy atom. The zero-order chi connectivity index (χ0) is 8.15. The van der Waals surface area contributed by atoms with E-state index in [-0.39, 0.29) is 12.4 Å². The summed E-state index contributed by atoms with van der Waals surface area (Å²) in [6.07, 6.45) is -1.26. The van der Waals surface area contributed by atoms with Gasteiger partial charge in [0, 0.05) is 13.6 Å². The Balaban J connectivity index is 0. The lowest BCUT2D eigenvalue weighted by molar-refractivity contribution is 0.157. The molecule has 3 amide bonds. The van der Waals surface area contributed by atoms with Crippen molar-refractivity contribution in [3.05, 3.63) is 0 Å². The SMILES string of the molecule is CCNC(=O)N(C)C(=O)O.Cl. The molecule has 0 aromatic carbocycles. The van der Waals surface area contributed by atoms with E-state index in [1.54, 1.807) is 6.92 Å². The Morgan fingerprint density at radius 3 is 2.27 bits per heavy atom. The van der Waals surface area contributed by atoms with E-state index in [0.29, 0.717) is 11.4 Å². The van der Waals surface area contributed by atoms with Gasteiger partial charge in [-0.2, -0.15) is 0 Å². The summed E-state index contributed by atoms with van der Waals surface area (Å²) in [4.78, 5) is 21.3. The zero-order valence-electron chi connectivity index (χ0n) is 6.33. The molecule has 0 saturated carbocycles. The molecule has 0 radical (unpaired) electrons. The van der Waals surface area contributed by atoms with Crippen molar-refractivity contribution in [1.82, 2.24) is 10.2 Å². The van der Waals surface area contributed by atoms with Crippen molar-refractivity contribution in [2.45, 2.75) is 6.92 Å². The van der Waals surface area contributed by atoms with Crippen LogP contribution in [0.25, 0.3) is 0 Å². The standard InChI is InChI=1S/C5H10N2O3.ClH/c1-3-6-4(8)7(2)5(9)10;/h3H2,1-2H3,(H,6,8)(H,9,10);1H. The van der Waals surface area contributed by atoms with Crippen LogP contribution in [0.5, 0.6) is 0 Å². The number of imide groups is 1. The van der Waals surface area contributed by atoms with E-state index in [1.165, 1.54) is 7.05 Å². The molecule has 6 heteroatoms. The maximum absolute atomic E-state index is 10.6. The minimum Gasteiger partial charge on any atom is -0.465 e. The van der Waals surface area contributed by atoms with Crippen molar-refractivity contribution in [3.63, 3.8) is 0 Å². The average Bonchev–Trinajstić information content (AvgIpc) is 1.87. The van der Waals surface area contributed by atoms with Crippen LogP contribution in [0.4, 0.5) is 9.59 Å². The topological polar surface area (TPSA) is 69.6 Å². The van der Waals surface area contributed by atoms with E-state index in [9.17, 15) is 9.59 Å². The molecule has 11 heavy (non-hydrogen) atoms. The molecule has 0 rings (SSSR count). The molecule has 0 spiro atoms. The summed E-state index contributed by atoms with van der Waals surface area (Å²) in [5.41, 5.74) is 0. The van der Waals surface area contributed by atoms with Gasteiger partial charge < -0.3 is 10.4 Å². The summed E-state index contributed by atoms with van der Waals surface area (Å²) in [7, 11) is 1.19. The molecule has 0 aromatic rings. The molecule has 0 unspecified atom stereocenters. The largest absolute Gasteiger partial charge is 0.465 e. The molecule has 0 aromatic heterocycles. The Hall–Kier alpha value is -0.970.